The fourth-order valence-electron chi connectivity index (χ4n) is 2.31. The van der Waals surface area contributed by atoms with Crippen LogP contribution in [0.1, 0.15) is 31.6 Å². The molecule has 1 N–H and O–H groups in total. The van der Waals surface area contributed by atoms with Crippen LogP contribution in [0.4, 0.5) is 0 Å². The highest BCUT2D eigenvalue weighted by molar-refractivity contribution is 5.51. The molecule has 4 heteroatoms. The Morgan fingerprint density at radius 1 is 1.16 bits per heavy atom. The lowest BCUT2D eigenvalue weighted by atomic mass is 9.83. The molecule has 0 atom stereocenters. The molecule has 1 aliphatic rings. The van der Waals surface area contributed by atoms with Gasteiger partial charge in [0.05, 0.1) is 6.54 Å². The van der Waals surface area contributed by atoms with Gasteiger partial charge in [-0.05, 0) is 31.0 Å². The normalized spacial score (nSPS) is 15.4. The van der Waals surface area contributed by atoms with E-state index < -0.39 is 0 Å². The zero-order valence-electron chi connectivity index (χ0n) is 11.0. The van der Waals surface area contributed by atoms with Gasteiger partial charge in [0, 0.05) is 5.56 Å². The van der Waals surface area contributed by atoms with Crippen LogP contribution in [0.5, 0.6) is 0 Å². The van der Waals surface area contributed by atoms with E-state index in [9.17, 15) is 0 Å². The van der Waals surface area contributed by atoms with E-state index in [0.29, 0.717) is 18.3 Å². The molecule has 3 rings (SSSR count). The summed E-state index contributed by atoms with van der Waals surface area (Å²) in [6.07, 6.45) is 5.48. The van der Waals surface area contributed by atoms with Gasteiger partial charge in [-0.2, -0.15) is 0 Å². The number of nitrogens with zero attached hydrogens (tertiary/aromatic N) is 2. The maximum absolute atomic E-state index is 5.63. The summed E-state index contributed by atoms with van der Waals surface area (Å²) in [7, 11) is 0. The first kappa shape index (κ1) is 12.4. The Bertz CT molecular complexity index is 505. The molecule has 0 aliphatic heterocycles. The highest BCUT2D eigenvalue weighted by atomic mass is 16.4. The molecule has 19 heavy (non-hydrogen) atoms. The first-order valence-corrected chi connectivity index (χ1v) is 7.00. The number of hydrogen-bond acceptors (Lipinski definition) is 4. The molecule has 1 aromatic heterocycles. The van der Waals surface area contributed by atoms with Crippen molar-refractivity contribution in [1.82, 2.24) is 15.5 Å². The Kier molecular flexibility index (Phi) is 3.89. The minimum atomic E-state index is 0.594. The Morgan fingerprint density at radius 2 is 2.00 bits per heavy atom. The molecule has 0 spiro atoms. The molecule has 4 nitrogen and oxygen atoms in total. The molecule has 1 heterocycles. The lowest BCUT2D eigenvalue weighted by molar-refractivity contribution is 0.290. The molecule has 100 valence electrons. The number of benzene rings is 1. The van der Waals surface area contributed by atoms with Gasteiger partial charge >= 0.3 is 0 Å². The highest BCUT2D eigenvalue weighted by Gasteiger charge is 2.16. The number of nitrogens with one attached hydrogen (secondary N) is 1. The maximum atomic E-state index is 5.63. The summed E-state index contributed by atoms with van der Waals surface area (Å²) in [6.45, 7) is 1.69. The fraction of sp³-hybridized carbons (Fsp3) is 0.467. The molecule has 0 amide bonds. The summed E-state index contributed by atoms with van der Waals surface area (Å²) < 4.78 is 5.63. The molecule has 0 saturated heterocycles. The molecular weight excluding hydrogens is 238 g/mol. The van der Waals surface area contributed by atoms with E-state index >= 15 is 0 Å². The van der Waals surface area contributed by atoms with Gasteiger partial charge in [-0.25, -0.2) is 0 Å². The zero-order chi connectivity index (χ0) is 12.9. The van der Waals surface area contributed by atoms with Crippen LogP contribution in [-0.2, 0) is 6.54 Å². The van der Waals surface area contributed by atoms with Crippen molar-refractivity contribution in [3.63, 3.8) is 0 Å². The lowest BCUT2D eigenvalue weighted by Gasteiger charge is -2.24. The summed E-state index contributed by atoms with van der Waals surface area (Å²) in [5.74, 6) is 2.19. The van der Waals surface area contributed by atoms with Gasteiger partial charge < -0.3 is 9.73 Å². The smallest absolute Gasteiger partial charge is 0.247 e. The second kappa shape index (κ2) is 5.97. The average Bonchev–Trinajstić information content (AvgIpc) is 2.86. The third-order valence-electron chi connectivity index (χ3n) is 3.72. The average molecular weight is 257 g/mol. The summed E-state index contributed by atoms with van der Waals surface area (Å²) in [4.78, 5) is 0. The second-order valence-corrected chi connectivity index (χ2v) is 5.13. The first-order valence-electron chi connectivity index (χ1n) is 7.00. The van der Waals surface area contributed by atoms with Crippen LogP contribution in [-0.4, -0.2) is 16.7 Å². The van der Waals surface area contributed by atoms with Crippen molar-refractivity contribution in [2.24, 2.45) is 5.92 Å². The lowest BCUT2D eigenvalue weighted by Crippen LogP contribution is -2.21. The minimum absolute atomic E-state index is 0.594. The van der Waals surface area contributed by atoms with E-state index in [1.807, 2.05) is 30.3 Å². The van der Waals surface area contributed by atoms with Crippen molar-refractivity contribution in [1.29, 1.82) is 0 Å². The Labute approximate surface area is 113 Å². The van der Waals surface area contributed by atoms with Crippen LogP contribution in [0, 0.1) is 5.92 Å². The molecular formula is C15H19N3O. The van der Waals surface area contributed by atoms with Crippen molar-refractivity contribution in [3.05, 3.63) is 36.2 Å². The zero-order valence-corrected chi connectivity index (χ0v) is 11.0. The quantitative estimate of drug-likeness (QED) is 0.808. The van der Waals surface area contributed by atoms with Crippen molar-refractivity contribution in [3.8, 4) is 11.5 Å². The number of hydrogen-bond donors (Lipinski definition) is 1. The van der Waals surface area contributed by atoms with E-state index in [0.717, 1.165) is 18.0 Å². The summed E-state index contributed by atoms with van der Waals surface area (Å²) in [5, 5.41) is 11.5. The molecule has 0 radical (unpaired) electrons. The number of rotatable bonds is 6. The van der Waals surface area contributed by atoms with Crippen LogP contribution < -0.4 is 5.32 Å². The topological polar surface area (TPSA) is 51.0 Å². The Hall–Kier alpha value is -1.68. The summed E-state index contributed by atoms with van der Waals surface area (Å²) in [5.41, 5.74) is 0.968. The SMILES string of the molecule is c1ccc(-c2nnc(CNCCC3CCC3)o2)cc1. The van der Waals surface area contributed by atoms with Crippen LogP contribution in [0.3, 0.4) is 0 Å². The van der Waals surface area contributed by atoms with E-state index in [2.05, 4.69) is 15.5 Å². The standard InChI is InChI=1S/C15H19N3O/c1-2-7-13(8-3-1)15-18-17-14(19-15)11-16-10-9-12-5-4-6-12/h1-3,7-8,12,16H,4-6,9-11H2. The van der Waals surface area contributed by atoms with Gasteiger partial charge in [0.2, 0.25) is 11.8 Å². The fourth-order valence-corrected chi connectivity index (χ4v) is 2.31. The van der Waals surface area contributed by atoms with Crippen LogP contribution in [0.2, 0.25) is 0 Å². The molecule has 1 aliphatic carbocycles. The Balaban J connectivity index is 1.48. The molecule has 2 aromatic rings. The summed E-state index contributed by atoms with van der Waals surface area (Å²) >= 11 is 0. The monoisotopic (exact) mass is 257 g/mol. The molecule has 1 aromatic carbocycles. The van der Waals surface area contributed by atoms with Crippen LogP contribution in [0.15, 0.2) is 34.7 Å². The molecule has 0 unspecified atom stereocenters. The van der Waals surface area contributed by atoms with Crippen LogP contribution in [0.25, 0.3) is 11.5 Å². The molecule has 1 saturated carbocycles. The Morgan fingerprint density at radius 3 is 2.74 bits per heavy atom. The van der Waals surface area contributed by atoms with Gasteiger partial charge in [-0.15, -0.1) is 10.2 Å². The predicted octanol–water partition coefficient (Wildman–Crippen LogP) is 3.02. The summed E-state index contributed by atoms with van der Waals surface area (Å²) in [6, 6.07) is 9.86. The second-order valence-electron chi connectivity index (χ2n) is 5.13. The van der Waals surface area contributed by atoms with E-state index in [-0.39, 0.29) is 0 Å². The third-order valence-corrected chi connectivity index (χ3v) is 3.72. The third kappa shape index (κ3) is 3.20. The van der Waals surface area contributed by atoms with Crippen molar-refractivity contribution in [2.45, 2.75) is 32.2 Å². The minimum Gasteiger partial charge on any atom is -0.419 e. The van der Waals surface area contributed by atoms with E-state index in [4.69, 9.17) is 4.42 Å². The van der Waals surface area contributed by atoms with Crippen molar-refractivity contribution in [2.75, 3.05) is 6.54 Å². The van der Waals surface area contributed by atoms with E-state index in [1.165, 1.54) is 25.7 Å². The van der Waals surface area contributed by atoms with Gasteiger partial charge in [-0.3, -0.25) is 0 Å². The van der Waals surface area contributed by atoms with Gasteiger partial charge in [-0.1, -0.05) is 37.5 Å². The van der Waals surface area contributed by atoms with Gasteiger partial charge in [0.15, 0.2) is 0 Å². The first-order chi connectivity index (χ1) is 9.42. The number of aromatic nitrogens is 2. The predicted molar refractivity (Wildman–Crippen MR) is 73.4 cm³/mol. The van der Waals surface area contributed by atoms with Gasteiger partial charge in [0.1, 0.15) is 0 Å². The van der Waals surface area contributed by atoms with E-state index in [1.54, 1.807) is 0 Å². The van der Waals surface area contributed by atoms with Crippen molar-refractivity contribution >= 4 is 0 Å². The van der Waals surface area contributed by atoms with Gasteiger partial charge in [0.25, 0.3) is 0 Å². The highest BCUT2D eigenvalue weighted by Crippen LogP contribution is 2.28. The maximum Gasteiger partial charge on any atom is 0.247 e. The largest absolute Gasteiger partial charge is 0.419 e. The van der Waals surface area contributed by atoms with Crippen molar-refractivity contribution < 1.29 is 4.42 Å². The molecule has 1 fully saturated rings. The molecule has 0 bridgehead atoms. The van der Waals surface area contributed by atoms with Crippen LogP contribution >= 0.6 is 0 Å².